The number of aromatic nitrogens is 4. The van der Waals surface area contributed by atoms with Gasteiger partial charge in [0.25, 0.3) is 0 Å². The molecule has 6 nitrogen and oxygen atoms in total. The maximum Gasteiger partial charge on any atom is 0.354 e. The fraction of sp³-hybridized carbons (Fsp3) is 0. The average molecular weight is 258 g/mol. The fourth-order valence-corrected chi connectivity index (χ4v) is 1.70. The predicted molar refractivity (Wildman–Crippen MR) is 63.6 cm³/mol. The molecular weight excluding hydrogens is 251 g/mol. The Balaban J connectivity index is 2.14. The van der Waals surface area contributed by atoms with Gasteiger partial charge in [-0.15, -0.1) is 0 Å². The molecule has 1 N–H and O–H groups in total. The number of carboxylic acid groups (broad SMARTS) is 1. The van der Waals surface area contributed by atoms with Crippen LogP contribution >= 0.6 is 0 Å². The Kier molecular flexibility index (Phi) is 2.45. The minimum Gasteiger partial charge on any atom is -0.477 e. The third-order valence-electron chi connectivity index (χ3n) is 2.56. The number of rotatable bonds is 2. The molecule has 3 aromatic heterocycles. The predicted octanol–water partition coefficient (Wildman–Crippen LogP) is 1.65. The van der Waals surface area contributed by atoms with E-state index in [1.165, 1.54) is 29.2 Å². The zero-order valence-corrected chi connectivity index (χ0v) is 9.49. The molecule has 0 unspecified atom stereocenters. The molecule has 7 heteroatoms. The van der Waals surface area contributed by atoms with E-state index < -0.39 is 11.8 Å². The van der Waals surface area contributed by atoms with Gasteiger partial charge in [0.05, 0.1) is 24.3 Å². The minimum absolute atomic E-state index is 0.0654. The van der Waals surface area contributed by atoms with Crippen molar-refractivity contribution in [2.45, 2.75) is 0 Å². The molecule has 0 saturated carbocycles. The van der Waals surface area contributed by atoms with E-state index in [0.29, 0.717) is 16.6 Å². The van der Waals surface area contributed by atoms with Gasteiger partial charge in [0.15, 0.2) is 0 Å². The van der Waals surface area contributed by atoms with E-state index in [4.69, 9.17) is 5.11 Å². The molecule has 0 saturated heterocycles. The van der Waals surface area contributed by atoms with Crippen molar-refractivity contribution in [1.29, 1.82) is 0 Å². The topological polar surface area (TPSA) is 80.9 Å². The minimum atomic E-state index is -1.11. The maximum absolute atomic E-state index is 13.1. The molecule has 3 aromatic rings. The number of hydrogen-bond donors (Lipinski definition) is 1. The lowest BCUT2D eigenvalue weighted by atomic mass is 10.3. The van der Waals surface area contributed by atoms with E-state index in [0.717, 1.165) is 6.20 Å². The van der Waals surface area contributed by atoms with Crippen LogP contribution < -0.4 is 0 Å². The summed E-state index contributed by atoms with van der Waals surface area (Å²) in [7, 11) is 0. The molecule has 0 aliphatic carbocycles. The highest BCUT2D eigenvalue weighted by molar-refractivity contribution is 5.90. The first-order chi connectivity index (χ1) is 9.13. The summed E-state index contributed by atoms with van der Waals surface area (Å²) < 4.78 is 14.5. The Morgan fingerprint density at radius 2 is 2.11 bits per heavy atom. The molecule has 0 spiro atoms. The normalized spacial score (nSPS) is 10.8. The van der Waals surface area contributed by atoms with Crippen LogP contribution in [0.3, 0.4) is 0 Å². The lowest BCUT2D eigenvalue weighted by Crippen LogP contribution is -1.98. The van der Waals surface area contributed by atoms with E-state index in [2.05, 4.69) is 15.1 Å². The molecule has 94 valence electrons. The highest BCUT2D eigenvalue weighted by Gasteiger charge is 2.09. The van der Waals surface area contributed by atoms with Gasteiger partial charge < -0.3 is 5.11 Å². The van der Waals surface area contributed by atoms with Crippen molar-refractivity contribution in [2.24, 2.45) is 0 Å². The first-order valence-electron chi connectivity index (χ1n) is 5.33. The van der Waals surface area contributed by atoms with Gasteiger partial charge in [-0.1, -0.05) is 0 Å². The number of hydrogen-bond acceptors (Lipinski definition) is 4. The quantitative estimate of drug-likeness (QED) is 0.755. The zero-order chi connectivity index (χ0) is 13.4. The first kappa shape index (κ1) is 11.3. The van der Waals surface area contributed by atoms with Crippen LogP contribution in [0.5, 0.6) is 0 Å². The molecule has 0 aliphatic heterocycles. The molecule has 0 bridgehead atoms. The Morgan fingerprint density at radius 3 is 2.84 bits per heavy atom. The van der Waals surface area contributed by atoms with Gasteiger partial charge in [0.2, 0.25) is 0 Å². The number of carbonyl (C=O) groups is 1. The van der Waals surface area contributed by atoms with E-state index in [1.54, 1.807) is 6.20 Å². The van der Waals surface area contributed by atoms with E-state index in [-0.39, 0.29) is 5.69 Å². The second-order valence-corrected chi connectivity index (χ2v) is 3.87. The zero-order valence-electron chi connectivity index (χ0n) is 9.49. The molecule has 19 heavy (non-hydrogen) atoms. The van der Waals surface area contributed by atoms with Crippen LogP contribution in [0, 0.1) is 5.82 Å². The molecule has 0 aromatic carbocycles. The van der Waals surface area contributed by atoms with Gasteiger partial charge in [-0.2, -0.15) is 5.10 Å². The summed E-state index contributed by atoms with van der Waals surface area (Å²) in [5.41, 5.74) is 0.909. The third-order valence-corrected chi connectivity index (χ3v) is 2.56. The summed E-state index contributed by atoms with van der Waals surface area (Å²) in [5, 5.41) is 13.6. The summed E-state index contributed by atoms with van der Waals surface area (Å²) >= 11 is 0. The van der Waals surface area contributed by atoms with Crippen molar-refractivity contribution in [3.63, 3.8) is 0 Å². The van der Waals surface area contributed by atoms with Gasteiger partial charge in [-0.3, -0.25) is 4.98 Å². The molecule has 3 rings (SSSR count). The van der Waals surface area contributed by atoms with Crippen LogP contribution in [0.1, 0.15) is 10.5 Å². The van der Waals surface area contributed by atoms with Crippen LogP contribution in [0.2, 0.25) is 0 Å². The maximum atomic E-state index is 13.1. The van der Waals surface area contributed by atoms with Crippen molar-refractivity contribution in [3.8, 4) is 5.69 Å². The van der Waals surface area contributed by atoms with Crippen LogP contribution in [0.25, 0.3) is 16.6 Å². The highest BCUT2D eigenvalue weighted by atomic mass is 19.1. The standard InChI is InChI=1S/C12H7FN4O2/c13-8-2-9(4-14-3-8)17-6-7-1-10(12(18)19)15-5-11(7)16-17/h1-6H,(H,18,19). The monoisotopic (exact) mass is 258 g/mol. The number of pyridine rings is 2. The summed E-state index contributed by atoms with van der Waals surface area (Å²) in [6, 6.07) is 2.69. The number of halogens is 1. The Bertz CT molecular complexity index is 784. The summed E-state index contributed by atoms with van der Waals surface area (Å²) in [6.07, 6.45) is 5.51. The van der Waals surface area contributed by atoms with E-state index in [9.17, 15) is 9.18 Å². The fourth-order valence-electron chi connectivity index (χ4n) is 1.70. The van der Waals surface area contributed by atoms with Crippen molar-refractivity contribution in [1.82, 2.24) is 19.7 Å². The van der Waals surface area contributed by atoms with Gasteiger partial charge in [-0.05, 0) is 6.07 Å². The van der Waals surface area contributed by atoms with Gasteiger partial charge in [-0.25, -0.2) is 18.9 Å². The molecule has 0 aliphatic rings. The van der Waals surface area contributed by atoms with Crippen molar-refractivity contribution < 1.29 is 14.3 Å². The molecule has 0 atom stereocenters. The third kappa shape index (κ3) is 2.01. The highest BCUT2D eigenvalue weighted by Crippen LogP contribution is 2.16. The average Bonchev–Trinajstić information content (AvgIpc) is 2.81. The van der Waals surface area contributed by atoms with Gasteiger partial charge in [0.1, 0.15) is 17.0 Å². The summed E-state index contributed by atoms with van der Waals surface area (Å²) in [4.78, 5) is 18.3. The molecule has 3 heterocycles. The number of fused-ring (bicyclic) bond motifs is 1. The Morgan fingerprint density at radius 1 is 1.26 bits per heavy atom. The molecule has 0 amide bonds. The summed E-state index contributed by atoms with van der Waals surface area (Å²) in [5.74, 6) is -1.58. The lowest BCUT2D eigenvalue weighted by Gasteiger charge is -1.98. The molecular formula is C12H7FN4O2. The molecule has 0 radical (unpaired) electrons. The second-order valence-electron chi connectivity index (χ2n) is 3.87. The largest absolute Gasteiger partial charge is 0.477 e. The van der Waals surface area contributed by atoms with Crippen molar-refractivity contribution >= 4 is 16.9 Å². The van der Waals surface area contributed by atoms with Crippen molar-refractivity contribution in [3.05, 3.63) is 48.4 Å². The van der Waals surface area contributed by atoms with Gasteiger partial charge >= 0.3 is 5.97 Å². The Labute approximate surface area is 106 Å². The number of carboxylic acids is 1. The lowest BCUT2D eigenvalue weighted by molar-refractivity contribution is 0.0690. The molecule has 0 fully saturated rings. The number of aromatic carboxylic acids is 1. The van der Waals surface area contributed by atoms with Crippen LogP contribution in [-0.2, 0) is 0 Å². The van der Waals surface area contributed by atoms with Crippen LogP contribution in [0.4, 0.5) is 4.39 Å². The van der Waals surface area contributed by atoms with E-state index >= 15 is 0 Å². The first-order valence-corrected chi connectivity index (χ1v) is 5.33. The van der Waals surface area contributed by atoms with Crippen LogP contribution in [0.15, 0.2) is 36.9 Å². The number of nitrogens with zero attached hydrogens (tertiary/aromatic N) is 4. The van der Waals surface area contributed by atoms with Crippen molar-refractivity contribution in [2.75, 3.05) is 0 Å². The van der Waals surface area contributed by atoms with Gasteiger partial charge in [0, 0.05) is 17.6 Å². The van der Waals surface area contributed by atoms with Crippen LogP contribution in [-0.4, -0.2) is 30.8 Å². The van der Waals surface area contributed by atoms with E-state index in [1.807, 2.05) is 0 Å². The smallest absolute Gasteiger partial charge is 0.354 e. The Hall–Kier alpha value is -2.83. The SMILES string of the molecule is O=C(O)c1cc2cn(-c3cncc(F)c3)nc2cn1. The second kappa shape index (κ2) is 4.13. The summed E-state index contributed by atoms with van der Waals surface area (Å²) in [6.45, 7) is 0.